The van der Waals surface area contributed by atoms with Gasteiger partial charge < -0.3 is 28.3 Å². The molecule has 42 heavy (non-hydrogen) atoms. The summed E-state index contributed by atoms with van der Waals surface area (Å²) in [7, 11) is -0.794. The van der Waals surface area contributed by atoms with Crippen LogP contribution in [0.25, 0.3) is 11.0 Å². The molecule has 0 unspecified atom stereocenters. The van der Waals surface area contributed by atoms with Crippen LogP contribution in [0, 0.1) is 17.3 Å². The highest BCUT2D eigenvalue weighted by Gasteiger charge is 2.60. The van der Waals surface area contributed by atoms with Gasteiger partial charge in [-0.25, -0.2) is 9.59 Å². The van der Waals surface area contributed by atoms with Gasteiger partial charge in [-0.2, -0.15) is 0 Å². The van der Waals surface area contributed by atoms with E-state index < -0.39 is 21.4 Å². The van der Waals surface area contributed by atoms with Crippen molar-refractivity contribution in [3.63, 3.8) is 0 Å². The molecule has 10 heteroatoms. The van der Waals surface area contributed by atoms with E-state index in [0.29, 0.717) is 29.3 Å². The maximum atomic E-state index is 13.1. The van der Waals surface area contributed by atoms with E-state index in [0.717, 1.165) is 17.0 Å². The Kier molecular flexibility index (Phi) is 8.29. The molecular weight excluding hydrogens is 554 g/mol. The molecule has 0 saturated carbocycles. The van der Waals surface area contributed by atoms with Crippen LogP contribution < -0.4 is 15.1 Å². The standard InChI is InChI=1S/C32H37NO8Si/c1-18-24(29(31(36)37)33-28(18)27(30(33)35)19(2)41-42-17-32(3,4)5)16-39-22-10-6-20(7-11-22)15-38-23-12-8-21-9-13-26(34)40-25(21)14-23/h6-14,18-19,27-28H,15-17,42H2,1-5H3,(H,36,37)/t18-,19+,27+,28+/m0/s1. The molecule has 5 rings (SSSR count). The Hall–Kier alpha value is -3.89. The van der Waals surface area contributed by atoms with Gasteiger partial charge in [-0.15, -0.1) is 0 Å². The first-order chi connectivity index (χ1) is 19.9. The number of aliphatic carboxylic acids is 1. The highest BCUT2D eigenvalue weighted by molar-refractivity contribution is 6.27. The lowest BCUT2D eigenvalue weighted by atomic mass is 9.78. The van der Waals surface area contributed by atoms with Crippen molar-refractivity contribution < 1.29 is 33.0 Å². The van der Waals surface area contributed by atoms with Gasteiger partial charge in [-0.1, -0.05) is 39.8 Å². The molecule has 4 atom stereocenters. The van der Waals surface area contributed by atoms with Crippen LogP contribution in [0.2, 0.25) is 6.04 Å². The number of hydrogen-bond donors (Lipinski definition) is 1. The lowest BCUT2D eigenvalue weighted by molar-refractivity contribution is -0.162. The second kappa shape index (κ2) is 11.8. The number of rotatable bonds is 11. The van der Waals surface area contributed by atoms with Crippen LogP contribution >= 0.6 is 0 Å². The van der Waals surface area contributed by atoms with E-state index in [1.54, 1.807) is 24.3 Å². The lowest BCUT2D eigenvalue weighted by Gasteiger charge is -2.47. The quantitative estimate of drug-likeness (QED) is 0.197. The average Bonchev–Trinajstić information content (AvgIpc) is 3.18. The number of carboxylic acid groups (broad SMARTS) is 1. The van der Waals surface area contributed by atoms with Gasteiger partial charge >= 0.3 is 11.6 Å². The maximum Gasteiger partial charge on any atom is 0.352 e. The first kappa shape index (κ1) is 29.6. The number of fused-ring (bicyclic) bond motifs is 2. The zero-order chi connectivity index (χ0) is 30.2. The SMILES string of the molecule is C[C@@H](O[SiH2]CC(C)(C)C)[C@H]1C(=O)N2C(C(=O)O)=C(COc3ccc(COc4ccc5ccc(=O)oc5c4)cc3)[C@H](C)[C@H]12. The summed E-state index contributed by atoms with van der Waals surface area (Å²) in [6.07, 6.45) is -0.242. The Morgan fingerprint density at radius 2 is 1.69 bits per heavy atom. The predicted octanol–water partition coefficient (Wildman–Crippen LogP) is 4.52. The highest BCUT2D eigenvalue weighted by atomic mass is 28.2. The number of ether oxygens (including phenoxy) is 2. The van der Waals surface area contributed by atoms with Crippen molar-refractivity contribution in [1.29, 1.82) is 0 Å². The van der Waals surface area contributed by atoms with Crippen molar-refractivity contribution in [2.45, 2.75) is 59.4 Å². The lowest BCUT2D eigenvalue weighted by Crippen LogP contribution is -2.64. The molecule has 0 aliphatic carbocycles. The van der Waals surface area contributed by atoms with E-state index in [2.05, 4.69) is 20.8 Å². The van der Waals surface area contributed by atoms with Crippen molar-refractivity contribution in [2.24, 2.45) is 17.3 Å². The number of carbonyl (C=O) groups is 2. The summed E-state index contributed by atoms with van der Waals surface area (Å²) in [4.78, 5) is 38.2. The average molecular weight is 592 g/mol. The molecule has 1 amide bonds. The summed E-state index contributed by atoms with van der Waals surface area (Å²) < 4.78 is 23.3. The van der Waals surface area contributed by atoms with Crippen molar-refractivity contribution in [3.05, 3.63) is 81.9 Å². The molecule has 2 aliphatic heterocycles. The molecule has 9 nitrogen and oxygen atoms in total. The van der Waals surface area contributed by atoms with E-state index in [4.69, 9.17) is 18.3 Å². The minimum atomic E-state index is -1.12. The zero-order valence-electron chi connectivity index (χ0n) is 24.6. The van der Waals surface area contributed by atoms with Gasteiger partial charge in [0.1, 0.15) is 36.0 Å². The Bertz CT molecular complexity index is 1570. The van der Waals surface area contributed by atoms with Gasteiger partial charge in [0.25, 0.3) is 0 Å². The first-order valence-corrected chi connectivity index (χ1v) is 15.8. The molecule has 3 aromatic rings. The molecule has 1 N–H and O–H groups in total. The molecule has 2 aliphatic rings. The van der Waals surface area contributed by atoms with Gasteiger partial charge in [0, 0.05) is 29.0 Å². The number of β-lactam (4-membered cyclic amide) rings is 1. The van der Waals surface area contributed by atoms with E-state index in [-0.39, 0.29) is 47.6 Å². The number of nitrogens with zero attached hydrogens (tertiary/aromatic N) is 1. The van der Waals surface area contributed by atoms with Gasteiger partial charge in [0.2, 0.25) is 5.91 Å². The summed E-state index contributed by atoms with van der Waals surface area (Å²) in [5, 5.41) is 10.8. The summed E-state index contributed by atoms with van der Waals surface area (Å²) in [6, 6.07) is 16.5. The molecule has 0 radical (unpaired) electrons. The van der Waals surface area contributed by atoms with Crippen LogP contribution in [-0.2, 0) is 20.6 Å². The minimum Gasteiger partial charge on any atom is -0.489 e. The van der Waals surface area contributed by atoms with Crippen molar-refractivity contribution >= 4 is 32.6 Å². The Labute approximate surface area is 247 Å². The second-order valence-electron chi connectivity index (χ2n) is 12.3. The van der Waals surface area contributed by atoms with Gasteiger partial charge in [0.05, 0.1) is 18.1 Å². The van der Waals surface area contributed by atoms with Crippen LogP contribution in [0.1, 0.15) is 40.2 Å². The van der Waals surface area contributed by atoms with Crippen LogP contribution in [0.15, 0.2) is 75.1 Å². The maximum absolute atomic E-state index is 13.1. The molecule has 222 valence electrons. The monoisotopic (exact) mass is 591 g/mol. The Balaban J connectivity index is 1.19. The zero-order valence-corrected chi connectivity index (χ0v) is 26.0. The van der Waals surface area contributed by atoms with Crippen LogP contribution in [0.3, 0.4) is 0 Å². The second-order valence-corrected chi connectivity index (χ2v) is 13.5. The summed E-state index contributed by atoms with van der Waals surface area (Å²) in [5.74, 6) is -0.655. The Morgan fingerprint density at radius 3 is 2.38 bits per heavy atom. The topological polar surface area (TPSA) is 116 Å². The van der Waals surface area contributed by atoms with Gasteiger partial charge in [-0.3, -0.25) is 4.79 Å². The van der Waals surface area contributed by atoms with Crippen LogP contribution in [0.5, 0.6) is 11.5 Å². The van der Waals surface area contributed by atoms with Crippen molar-refractivity contribution in [2.75, 3.05) is 6.61 Å². The summed E-state index contributed by atoms with van der Waals surface area (Å²) in [6.45, 7) is 10.8. The van der Waals surface area contributed by atoms with E-state index >= 15 is 0 Å². The molecule has 1 aromatic heterocycles. The molecular formula is C32H37NO8Si. The van der Waals surface area contributed by atoms with E-state index in [1.165, 1.54) is 11.0 Å². The fraction of sp³-hybridized carbons (Fsp3) is 0.406. The third kappa shape index (κ3) is 6.14. The molecule has 1 fully saturated rings. The van der Waals surface area contributed by atoms with E-state index in [9.17, 15) is 19.5 Å². The third-order valence-electron chi connectivity index (χ3n) is 8.05. The molecule has 3 heterocycles. The molecule has 2 aromatic carbocycles. The first-order valence-electron chi connectivity index (χ1n) is 14.2. The van der Waals surface area contributed by atoms with Gasteiger partial charge in [-0.05, 0) is 54.3 Å². The van der Waals surface area contributed by atoms with E-state index in [1.807, 2.05) is 38.1 Å². The summed E-state index contributed by atoms with van der Waals surface area (Å²) in [5.41, 5.74) is 1.77. The third-order valence-corrected chi connectivity index (χ3v) is 10.5. The van der Waals surface area contributed by atoms with Crippen molar-refractivity contribution in [1.82, 2.24) is 4.90 Å². The van der Waals surface area contributed by atoms with Crippen molar-refractivity contribution in [3.8, 4) is 11.5 Å². The molecule has 0 spiro atoms. The number of amides is 1. The largest absolute Gasteiger partial charge is 0.489 e. The molecule has 0 bridgehead atoms. The number of carbonyl (C=O) groups excluding carboxylic acids is 1. The summed E-state index contributed by atoms with van der Waals surface area (Å²) >= 11 is 0. The molecule has 1 saturated heterocycles. The Morgan fingerprint density at radius 1 is 1.02 bits per heavy atom. The normalized spacial score (nSPS) is 21.1. The van der Waals surface area contributed by atoms with Crippen LogP contribution in [-0.4, -0.2) is 50.4 Å². The fourth-order valence-electron chi connectivity index (χ4n) is 5.62. The van der Waals surface area contributed by atoms with Gasteiger partial charge in [0.15, 0.2) is 9.76 Å². The number of carboxylic acids is 1. The number of hydrogen-bond acceptors (Lipinski definition) is 7. The minimum absolute atomic E-state index is 0.0316. The predicted molar refractivity (Wildman–Crippen MR) is 160 cm³/mol. The number of benzene rings is 2. The van der Waals surface area contributed by atoms with Crippen LogP contribution in [0.4, 0.5) is 0 Å². The smallest absolute Gasteiger partial charge is 0.352 e. The fourth-order valence-corrected chi connectivity index (χ4v) is 6.93. The highest BCUT2D eigenvalue weighted by Crippen LogP contribution is 2.47.